The van der Waals surface area contributed by atoms with E-state index in [1.807, 2.05) is 30.3 Å². The summed E-state index contributed by atoms with van der Waals surface area (Å²) in [4.78, 5) is 35.9. The van der Waals surface area contributed by atoms with Crippen molar-refractivity contribution < 1.29 is 18.7 Å². The van der Waals surface area contributed by atoms with Gasteiger partial charge >= 0.3 is 6.03 Å². The zero-order valence-corrected chi connectivity index (χ0v) is 15.6. The average Bonchev–Trinajstić information content (AvgIpc) is 2.67. The highest BCUT2D eigenvalue weighted by Crippen LogP contribution is 2.26. The van der Waals surface area contributed by atoms with Crippen LogP contribution < -0.4 is 20.8 Å². The van der Waals surface area contributed by atoms with Crippen LogP contribution in [0.1, 0.15) is 12.7 Å². The first-order valence-corrected chi connectivity index (χ1v) is 8.83. The van der Waals surface area contributed by atoms with Crippen LogP contribution in [0.5, 0.6) is 5.75 Å². The molecule has 0 unspecified atom stereocenters. The Morgan fingerprint density at radius 3 is 2.57 bits per heavy atom. The molecule has 3 aromatic rings. The third-order valence-corrected chi connectivity index (χ3v) is 4.06. The SMILES string of the molecule is CCNC(=O)NC(=O)COc1ccc2c(=O)c(-c3ccccc3)c(C)oc2c1. The number of urea groups is 1. The maximum absolute atomic E-state index is 12.9. The summed E-state index contributed by atoms with van der Waals surface area (Å²) in [5, 5.41) is 5.02. The number of amides is 3. The molecule has 3 rings (SSSR count). The lowest BCUT2D eigenvalue weighted by atomic mass is 10.0. The van der Waals surface area contributed by atoms with Crippen LogP contribution in [0, 0.1) is 6.92 Å². The fourth-order valence-corrected chi connectivity index (χ4v) is 2.83. The highest BCUT2D eigenvalue weighted by Gasteiger charge is 2.14. The number of nitrogens with one attached hydrogen (secondary N) is 2. The third-order valence-electron chi connectivity index (χ3n) is 4.06. The molecule has 0 spiro atoms. The quantitative estimate of drug-likeness (QED) is 0.709. The van der Waals surface area contributed by atoms with E-state index in [2.05, 4.69) is 10.6 Å². The molecule has 0 atom stereocenters. The van der Waals surface area contributed by atoms with Gasteiger partial charge in [-0.25, -0.2) is 4.79 Å². The van der Waals surface area contributed by atoms with Crippen molar-refractivity contribution in [1.82, 2.24) is 10.6 Å². The van der Waals surface area contributed by atoms with E-state index < -0.39 is 11.9 Å². The molecule has 0 aliphatic rings. The van der Waals surface area contributed by atoms with Crippen LogP contribution in [0.3, 0.4) is 0 Å². The van der Waals surface area contributed by atoms with E-state index in [9.17, 15) is 14.4 Å². The van der Waals surface area contributed by atoms with Crippen LogP contribution in [-0.4, -0.2) is 25.1 Å². The van der Waals surface area contributed by atoms with Crippen molar-refractivity contribution in [3.8, 4) is 16.9 Å². The van der Waals surface area contributed by atoms with Gasteiger partial charge < -0.3 is 14.5 Å². The summed E-state index contributed by atoms with van der Waals surface area (Å²) in [5.41, 5.74) is 1.54. The molecule has 2 N–H and O–H groups in total. The second-order valence-corrected chi connectivity index (χ2v) is 6.08. The fraction of sp³-hybridized carbons (Fsp3) is 0.190. The van der Waals surface area contributed by atoms with Gasteiger partial charge in [0, 0.05) is 12.6 Å². The number of aryl methyl sites for hydroxylation is 1. The normalized spacial score (nSPS) is 10.5. The van der Waals surface area contributed by atoms with Crippen molar-refractivity contribution >= 4 is 22.9 Å². The van der Waals surface area contributed by atoms with Gasteiger partial charge in [0.05, 0.1) is 10.9 Å². The van der Waals surface area contributed by atoms with Crippen molar-refractivity contribution in [2.24, 2.45) is 0 Å². The summed E-state index contributed by atoms with van der Waals surface area (Å²) >= 11 is 0. The Morgan fingerprint density at radius 2 is 1.86 bits per heavy atom. The Hall–Kier alpha value is -3.61. The maximum atomic E-state index is 12.9. The second kappa shape index (κ2) is 8.39. The molecule has 0 saturated heterocycles. The molecule has 144 valence electrons. The molecule has 0 fully saturated rings. The second-order valence-electron chi connectivity index (χ2n) is 6.08. The predicted molar refractivity (Wildman–Crippen MR) is 105 cm³/mol. The Kier molecular flexibility index (Phi) is 5.74. The molecule has 3 amide bonds. The van der Waals surface area contributed by atoms with Crippen LogP contribution in [0.15, 0.2) is 57.7 Å². The molecule has 7 nitrogen and oxygen atoms in total. The van der Waals surface area contributed by atoms with Crippen molar-refractivity contribution in [3.63, 3.8) is 0 Å². The standard InChI is InChI=1S/C21H20N2O5/c1-3-22-21(26)23-18(24)12-27-15-9-10-16-17(11-15)28-13(2)19(20(16)25)14-7-5-4-6-8-14/h4-11H,3,12H2,1-2H3,(H2,22,23,24,26). The van der Waals surface area contributed by atoms with E-state index in [1.165, 1.54) is 0 Å². The average molecular weight is 380 g/mol. The number of hydrogen-bond acceptors (Lipinski definition) is 5. The summed E-state index contributed by atoms with van der Waals surface area (Å²) in [5.74, 6) is 0.270. The lowest BCUT2D eigenvalue weighted by Gasteiger charge is -2.10. The number of carbonyl (C=O) groups excluding carboxylic acids is 2. The van der Waals surface area contributed by atoms with E-state index in [-0.39, 0.29) is 12.0 Å². The van der Waals surface area contributed by atoms with Gasteiger partial charge in [0.25, 0.3) is 5.91 Å². The third kappa shape index (κ3) is 4.20. The van der Waals surface area contributed by atoms with Crippen LogP contribution in [0.2, 0.25) is 0 Å². The number of rotatable bonds is 5. The molecule has 0 saturated carbocycles. The predicted octanol–water partition coefficient (Wildman–Crippen LogP) is 2.99. The lowest BCUT2D eigenvalue weighted by molar-refractivity contribution is -0.122. The molecule has 0 aliphatic carbocycles. The fourth-order valence-electron chi connectivity index (χ4n) is 2.83. The van der Waals surface area contributed by atoms with Gasteiger partial charge in [-0.3, -0.25) is 14.9 Å². The van der Waals surface area contributed by atoms with E-state index in [4.69, 9.17) is 9.15 Å². The van der Waals surface area contributed by atoms with Gasteiger partial charge in [0.1, 0.15) is 17.1 Å². The molecule has 2 aromatic carbocycles. The summed E-state index contributed by atoms with van der Waals surface area (Å²) in [7, 11) is 0. The van der Waals surface area contributed by atoms with E-state index in [0.717, 1.165) is 5.56 Å². The van der Waals surface area contributed by atoms with Crippen molar-refractivity contribution in [2.45, 2.75) is 13.8 Å². The largest absolute Gasteiger partial charge is 0.484 e. The summed E-state index contributed by atoms with van der Waals surface area (Å²) < 4.78 is 11.2. The van der Waals surface area contributed by atoms with Crippen LogP contribution in [0.25, 0.3) is 22.1 Å². The number of benzene rings is 2. The Balaban J connectivity index is 1.82. The Labute approximate surface area is 161 Å². The molecular weight excluding hydrogens is 360 g/mol. The Bertz CT molecular complexity index is 1070. The zero-order chi connectivity index (χ0) is 20.1. The highest BCUT2D eigenvalue weighted by atomic mass is 16.5. The summed E-state index contributed by atoms with van der Waals surface area (Å²) in [6, 6.07) is 13.5. The minimum atomic E-state index is -0.580. The van der Waals surface area contributed by atoms with E-state index in [1.54, 1.807) is 32.0 Å². The molecule has 7 heteroatoms. The molecule has 1 heterocycles. The molecule has 28 heavy (non-hydrogen) atoms. The minimum Gasteiger partial charge on any atom is -0.484 e. The van der Waals surface area contributed by atoms with E-state index in [0.29, 0.717) is 34.6 Å². The zero-order valence-electron chi connectivity index (χ0n) is 15.6. The summed E-state index contributed by atoms with van der Waals surface area (Å²) in [6.07, 6.45) is 0. The molecular formula is C21H20N2O5. The lowest BCUT2D eigenvalue weighted by Crippen LogP contribution is -2.41. The minimum absolute atomic E-state index is 0.134. The first-order chi connectivity index (χ1) is 13.5. The monoisotopic (exact) mass is 380 g/mol. The van der Waals surface area contributed by atoms with Gasteiger partial charge in [-0.2, -0.15) is 0 Å². The van der Waals surface area contributed by atoms with E-state index >= 15 is 0 Å². The van der Waals surface area contributed by atoms with Crippen LogP contribution >= 0.6 is 0 Å². The topological polar surface area (TPSA) is 97.6 Å². The van der Waals surface area contributed by atoms with Gasteiger partial charge in [-0.15, -0.1) is 0 Å². The number of ether oxygens (including phenoxy) is 1. The molecule has 0 bridgehead atoms. The van der Waals surface area contributed by atoms with Crippen LogP contribution in [0.4, 0.5) is 4.79 Å². The number of carbonyl (C=O) groups is 2. The molecule has 0 aliphatic heterocycles. The smallest absolute Gasteiger partial charge is 0.321 e. The van der Waals surface area contributed by atoms with Gasteiger partial charge in [0.2, 0.25) is 5.43 Å². The summed E-state index contributed by atoms with van der Waals surface area (Å²) in [6.45, 7) is 3.55. The van der Waals surface area contributed by atoms with Gasteiger partial charge in [-0.05, 0) is 31.5 Å². The Morgan fingerprint density at radius 1 is 1.11 bits per heavy atom. The van der Waals surface area contributed by atoms with Crippen molar-refractivity contribution in [1.29, 1.82) is 0 Å². The number of imide groups is 1. The molecule has 0 radical (unpaired) electrons. The van der Waals surface area contributed by atoms with Gasteiger partial charge in [0.15, 0.2) is 6.61 Å². The number of fused-ring (bicyclic) bond motifs is 1. The first-order valence-electron chi connectivity index (χ1n) is 8.83. The first kappa shape index (κ1) is 19.2. The van der Waals surface area contributed by atoms with Crippen molar-refractivity contribution in [3.05, 3.63) is 64.5 Å². The van der Waals surface area contributed by atoms with Gasteiger partial charge in [-0.1, -0.05) is 30.3 Å². The molecule has 1 aromatic heterocycles. The highest BCUT2D eigenvalue weighted by molar-refractivity contribution is 5.95. The number of hydrogen-bond donors (Lipinski definition) is 2. The maximum Gasteiger partial charge on any atom is 0.321 e. The van der Waals surface area contributed by atoms with Crippen LogP contribution in [-0.2, 0) is 4.79 Å². The van der Waals surface area contributed by atoms with Crippen molar-refractivity contribution in [2.75, 3.05) is 13.2 Å².